The van der Waals surface area contributed by atoms with Crippen molar-refractivity contribution in [1.29, 1.82) is 0 Å². The van der Waals surface area contributed by atoms with Gasteiger partial charge < -0.3 is 14.6 Å². The maximum atomic E-state index is 13.0. The summed E-state index contributed by atoms with van der Waals surface area (Å²) < 4.78 is 5.45. The first kappa shape index (κ1) is 15.8. The molecular formula is C19H24N2O2. The van der Waals surface area contributed by atoms with Crippen LogP contribution >= 0.6 is 0 Å². The summed E-state index contributed by atoms with van der Waals surface area (Å²) in [7, 11) is 0. The van der Waals surface area contributed by atoms with E-state index in [1.807, 2.05) is 35.2 Å². The molecule has 1 aromatic heterocycles. The van der Waals surface area contributed by atoms with Crippen LogP contribution in [-0.4, -0.2) is 23.4 Å². The van der Waals surface area contributed by atoms with Gasteiger partial charge in [0, 0.05) is 18.5 Å². The topological polar surface area (TPSA) is 45.5 Å². The minimum Gasteiger partial charge on any atom is -0.467 e. The average molecular weight is 312 g/mol. The molecule has 122 valence electrons. The number of furan rings is 1. The van der Waals surface area contributed by atoms with Crippen LogP contribution in [0.4, 0.5) is 0 Å². The SMILES string of the molecule is C[C@H]1C[C@@H](C(=O)N(Cc2ccccc2)Cc2ccco2)CCN1. The molecule has 1 fully saturated rings. The fourth-order valence-electron chi connectivity index (χ4n) is 3.22. The van der Waals surface area contributed by atoms with Gasteiger partial charge in [-0.3, -0.25) is 4.79 Å². The van der Waals surface area contributed by atoms with Gasteiger partial charge in [-0.2, -0.15) is 0 Å². The fourth-order valence-corrected chi connectivity index (χ4v) is 3.22. The second kappa shape index (κ2) is 7.47. The lowest BCUT2D eigenvalue weighted by molar-refractivity contribution is -0.138. The molecule has 0 spiro atoms. The quantitative estimate of drug-likeness (QED) is 0.922. The van der Waals surface area contributed by atoms with Crippen molar-refractivity contribution in [3.05, 3.63) is 60.1 Å². The summed E-state index contributed by atoms with van der Waals surface area (Å²) in [4.78, 5) is 15.0. The first-order valence-electron chi connectivity index (χ1n) is 8.31. The van der Waals surface area contributed by atoms with E-state index in [1.54, 1.807) is 6.26 Å². The van der Waals surface area contributed by atoms with Gasteiger partial charge in [0.2, 0.25) is 5.91 Å². The summed E-state index contributed by atoms with van der Waals surface area (Å²) in [6.07, 6.45) is 3.47. The Morgan fingerprint density at radius 2 is 2.04 bits per heavy atom. The van der Waals surface area contributed by atoms with E-state index in [0.29, 0.717) is 19.1 Å². The predicted molar refractivity (Wildman–Crippen MR) is 89.6 cm³/mol. The Bertz CT molecular complexity index is 610. The molecule has 23 heavy (non-hydrogen) atoms. The van der Waals surface area contributed by atoms with Gasteiger partial charge in [0.25, 0.3) is 0 Å². The van der Waals surface area contributed by atoms with Crippen LogP contribution in [0.5, 0.6) is 0 Å². The molecule has 1 N–H and O–H groups in total. The van der Waals surface area contributed by atoms with Crippen LogP contribution in [0.25, 0.3) is 0 Å². The minimum absolute atomic E-state index is 0.102. The Kier molecular flexibility index (Phi) is 5.13. The summed E-state index contributed by atoms with van der Waals surface area (Å²) >= 11 is 0. The van der Waals surface area contributed by atoms with Crippen LogP contribution in [0.3, 0.4) is 0 Å². The smallest absolute Gasteiger partial charge is 0.226 e. The van der Waals surface area contributed by atoms with E-state index in [-0.39, 0.29) is 11.8 Å². The van der Waals surface area contributed by atoms with Crippen molar-refractivity contribution in [3.8, 4) is 0 Å². The standard InChI is InChI=1S/C19H24N2O2/c1-15-12-17(9-10-20-15)19(22)21(14-18-8-5-11-23-18)13-16-6-3-2-4-7-16/h2-8,11,15,17,20H,9-10,12-14H2,1H3/t15-,17-/m0/s1. The molecule has 1 aliphatic heterocycles. The number of hydrogen-bond acceptors (Lipinski definition) is 3. The van der Waals surface area contributed by atoms with Crippen LogP contribution in [0, 0.1) is 5.92 Å². The maximum Gasteiger partial charge on any atom is 0.226 e. The van der Waals surface area contributed by atoms with Gasteiger partial charge in [-0.25, -0.2) is 0 Å². The number of amides is 1. The molecule has 2 aromatic rings. The van der Waals surface area contributed by atoms with E-state index >= 15 is 0 Å². The summed E-state index contributed by atoms with van der Waals surface area (Å²) in [5.74, 6) is 1.17. The lowest BCUT2D eigenvalue weighted by atomic mass is 9.91. The van der Waals surface area contributed by atoms with E-state index in [0.717, 1.165) is 30.7 Å². The number of hydrogen-bond donors (Lipinski definition) is 1. The maximum absolute atomic E-state index is 13.0. The third kappa shape index (κ3) is 4.23. The molecule has 2 heterocycles. The number of piperidine rings is 1. The fraction of sp³-hybridized carbons (Fsp3) is 0.421. The van der Waals surface area contributed by atoms with Crippen molar-refractivity contribution in [2.24, 2.45) is 5.92 Å². The normalized spacial score (nSPS) is 21.1. The molecule has 0 radical (unpaired) electrons. The summed E-state index contributed by atoms with van der Waals surface area (Å²) in [6, 6.07) is 14.3. The molecule has 1 aromatic carbocycles. The first-order chi connectivity index (χ1) is 11.2. The Hall–Kier alpha value is -2.07. The van der Waals surface area contributed by atoms with Crippen molar-refractivity contribution in [1.82, 2.24) is 10.2 Å². The van der Waals surface area contributed by atoms with E-state index in [1.165, 1.54) is 0 Å². The lowest BCUT2D eigenvalue weighted by Crippen LogP contribution is -2.43. The van der Waals surface area contributed by atoms with Crippen molar-refractivity contribution >= 4 is 5.91 Å². The largest absolute Gasteiger partial charge is 0.467 e. The molecule has 1 aliphatic rings. The van der Waals surface area contributed by atoms with Crippen molar-refractivity contribution in [3.63, 3.8) is 0 Å². The molecule has 0 unspecified atom stereocenters. The summed E-state index contributed by atoms with van der Waals surface area (Å²) in [6.45, 7) is 4.21. The van der Waals surface area contributed by atoms with Crippen molar-refractivity contribution in [2.75, 3.05) is 6.54 Å². The molecule has 4 nitrogen and oxygen atoms in total. The Balaban J connectivity index is 1.74. The zero-order valence-electron chi connectivity index (χ0n) is 13.6. The molecule has 0 saturated carbocycles. The van der Waals surface area contributed by atoms with E-state index in [4.69, 9.17) is 4.42 Å². The predicted octanol–water partition coefficient (Wildman–Crippen LogP) is 3.20. The Labute approximate surface area is 137 Å². The van der Waals surface area contributed by atoms with Crippen LogP contribution in [0.15, 0.2) is 53.1 Å². The molecule has 3 rings (SSSR count). The van der Waals surface area contributed by atoms with Gasteiger partial charge in [-0.15, -0.1) is 0 Å². The van der Waals surface area contributed by atoms with E-state index < -0.39 is 0 Å². The van der Waals surface area contributed by atoms with Gasteiger partial charge in [-0.05, 0) is 44.0 Å². The minimum atomic E-state index is 0.102. The lowest BCUT2D eigenvalue weighted by Gasteiger charge is -2.32. The van der Waals surface area contributed by atoms with Gasteiger partial charge >= 0.3 is 0 Å². The highest BCUT2D eigenvalue weighted by molar-refractivity contribution is 5.79. The third-order valence-electron chi connectivity index (χ3n) is 4.43. The van der Waals surface area contributed by atoms with Crippen LogP contribution in [0.2, 0.25) is 0 Å². The molecule has 1 saturated heterocycles. The summed E-state index contributed by atoms with van der Waals surface area (Å²) in [5.41, 5.74) is 1.15. The molecule has 1 amide bonds. The van der Waals surface area contributed by atoms with Crippen molar-refractivity contribution < 1.29 is 9.21 Å². The highest BCUT2D eigenvalue weighted by Gasteiger charge is 2.29. The Morgan fingerprint density at radius 1 is 1.22 bits per heavy atom. The van der Waals surface area contributed by atoms with Gasteiger partial charge in [-0.1, -0.05) is 30.3 Å². The number of rotatable bonds is 5. The molecule has 2 atom stereocenters. The Morgan fingerprint density at radius 3 is 2.74 bits per heavy atom. The highest BCUT2D eigenvalue weighted by Crippen LogP contribution is 2.21. The zero-order valence-corrected chi connectivity index (χ0v) is 13.6. The van der Waals surface area contributed by atoms with E-state index in [2.05, 4.69) is 24.4 Å². The molecular weight excluding hydrogens is 288 g/mol. The monoisotopic (exact) mass is 312 g/mol. The van der Waals surface area contributed by atoms with E-state index in [9.17, 15) is 4.79 Å². The van der Waals surface area contributed by atoms with Crippen LogP contribution in [-0.2, 0) is 17.9 Å². The van der Waals surface area contributed by atoms with Crippen molar-refractivity contribution in [2.45, 2.75) is 38.9 Å². The second-order valence-electron chi connectivity index (χ2n) is 6.34. The van der Waals surface area contributed by atoms with Crippen LogP contribution < -0.4 is 5.32 Å². The zero-order chi connectivity index (χ0) is 16.1. The number of carbonyl (C=O) groups is 1. The first-order valence-corrected chi connectivity index (χ1v) is 8.31. The average Bonchev–Trinajstić information content (AvgIpc) is 3.08. The molecule has 0 aliphatic carbocycles. The number of nitrogens with one attached hydrogen (secondary N) is 1. The second-order valence-corrected chi connectivity index (χ2v) is 6.34. The summed E-state index contributed by atoms with van der Waals surface area (Å²) in [5, 5.41) is 3.41. The molecule has 4 heteroatoms. The highest BCUT2D eigenvalue weighted by atomic mass is 16.3. The number of carbonyl (C=O) groups excluding carboxylic acids is 1. The van der Waals surface area contributed by atoms with Crippen LogP contribution in [0.1, 0.15) is 31.1 Å². The van der Waals surface area contributed by atoms with Gasteiger partial charge in [0.05, 0.1) is 12.8 Å². The van der Waals surface area contributed by atoms with Gasteiger partial charge in [0.15, 0.2) is 0 Å². The third-order valence-corrected chi connectivity index (χ3v) is 4.43. The molecule has 0 bridgehead atoms. The number of benzene rings is 1. The van der Waals surface area contributed by atoms with Gasteiger partial charge in [0.1, 0.15) is 5.76 Å². The number of nitrogens with zero attached hydrogens (tertiary/aromatic N) is 1.